The van der Waals surface area contributed by atoms with E-state index in [0.29, 0.717) is 5.92 Å². The molecule has 2 aromatic rings. The number of ether oxygens (including phenoxy) is 1. The van der Waals surface area contributed by atoms with Gasteiger partial charge in [0.15, 0.2) is 0 Å². The lowest BCUT2D eigenvalue weighted by molar-refractivity contribution is 0.0932. The van der Waals surface area contributed by atoms with Crippen LogP contribution in [-0.2, 0) is 6.54 Å². The molecule has 0 aromatic heterocycles. The highest BCUT2D eigenvalue weighted by atomic mass is 16.5. The van der Waals surface area contributed by atoms with E-state index in [1.807, 2.05) is 36.4 Å². The Balaban J connectivity index is 1.64. The highest BCUT2D eigenvalue weighted by Crippen LogP contribution is 2.24. The number of rotatable bonds is 8. The fourth-order valence-corrected chi connectivity index (χ4v) is 4.14. The van der Waals surface area contributed by atoms with E-state index in [2.05, 4.69) is 36.2 Å². The van der Waals surface area contributed by atoms with Crippen molar-refractivity contribution < 1.29 is 9.53 Å². The number of nitrogens with zero attached hydrogens (tertiary/aromatic N) is 1. The Morgan fingerprint density at radius 1 is 0.967 bits per heavy atom. The minimum absolute atomic E-state index is 0.0137. The molecular formula is C26H36N2O2. The Labute approximate surface area is 181 Å². The number of carbonyl (C=O) groups excluding carboxylic acids is 1. The molecule has 0 saturated carbocycles. The van der Waals surface area contributed by atoms with E-state index in [1.165, 1.54) is 44.3 Å². The number of hydrogen-bond donors (Lipinski definition) is 1. The quantitative estimate of drug-likeness (QED) is 0.619. The Hall–Kier alpha value is -2.33. The van der Waals surface area contributed by atoms with E-state index in [9.17, 15) is 4.79 Å². The second-order valence-electron chi connectivity index (χ2n) is 8.82. The lowest BCUT2D eigenvalue weighted by atomic mass is 9.96. The fourth-order valence-electron chi connectivity index (χ4n) is 4.14. The first-order chi connectivity index (χ1) is 14.5. The maximum atomic E-state index is 12.9. The predicted molar refractivity (Wildman–Crippen MR) is 123 cm³/mol. The topological polar surface area (TPSA) is 41.6 Å². The summed E-state index contributed by atoms with van der Waals surface area (Å²) in [5, 5.41) is 3.24. The van der Waals surface area contributed by atoms with Crippen LogP contribution in [0, 0.1) is 5.92 Å². The summed E-state index contributed by atoms with van der Waals surface area (Å²) >= 11 is 0. The molecule has 0 radical (unpaired) electrons. The maximum absolute atomic E-state index is 12.9. The maximum Gasteiger partial charge on any atom is 0.251 e. The molecule has 4 nitrogen and oxygen atoms in total. The van der Waals surface area contributed by atoms with E-state index in [1.54, 1.807) is 7.11 Å². The van der Waals surface area contributed by atoms with Crippen molar-refractivity contribution in [3.05, 3.63) is 65.2 Å². The summed E-state index contributed by atoms with van der Waals surface area (Å²) in [6.07, 6.45) is 6.18. The van der Waals surface area contributed by atoms with Crippen LogP contribution in [0.5, 0.6) is 5.75 Å². The standard InChI is InChI=1S/C26H36N2O2/c1-20(2)18-25(22-12-14-24(30-3)15-13-22)27-26(29)23-10-8-21(9-11-23)19-28-16-6-4-5-7-17-28/h8-15,20,25H,4-7,16-19H2,1-3H3,(H,27,29)/t25-/m0/s1. The lowest BCUT2D eigenvalue weighted by Gasteiger charge is -2.22. The molecule has 3 rings (SSSR count). The number of methoxy groups -OCH3 is 1. The number of carbonyl (C=O) groups is 1. The van der Waals surface area contributed by atoms with Gasteiger partial charge in [0.05, 0.1) is 13.2 Å². The van der Waals surface area contributed by atoms with Gasteiger partial charge in [-0.3, -0.25) is 9.69 Å². The van der Waals surface area contributed by atoms with Crippen LogP contribution < -0.4 is 10.1 Å². The van der Waals surface area contributed by atoms with Gasteiger partial charge in [0.2, 0.25) is 0 Å². The van der Waals surface area contributed by atoms with Crippen molar-refractivity contribution >= 4 is 5.91 Å². The summed E-state index contributed by atoms with van der Waals surface area (Å²) in [6.45, 7) is 7.70. The van der Waals surface area contributed by atoms with Crippen molar-refractivity contribution in [2.75, 3.05) is 20.2 Å². The molecule has 1 saturated heterocycles. The van der Waals surface area contributed by atoms with Crippen LogP contribution in [-0.4, -0.2) is 31.0 Å². The van der Waals surface area contributed by atoms with Crippen molar-refractivity contribution in [2.24, 2.45) is 5.92 Å². The molecule has 4 heteroatoms. The van der Waals surface area contributed by atoms with Crippen LogP contribution in [0.2, 0.25) is 0 Å². The predicted octanol–water partition coefficient (Wildman–Crippen LogP) is 5.59. The summed E-state index contributed by atoms with van der Waals surface area (Å²) in [5.74, 6) is 1.29. The molecule has 0 bridgehead atoms. The van der Waals surface area contributed by atoms with Crippen LogP contribution in [0.3, 0.4) is 0 Å². The van der Waals surface area contributed by atoms with Gasteiger partial charge in [-0.2, -0.15) is 0 Å². The summed E-state index contributed by atoms with van der Waals surface area (Å²) < 4.78 is 5.26. The smallest absolute Gasteiger partial charge is 0.251 e. The number of likely N-dealkylation sites (tertiary alicyclic amines) is 1. The van der Waals surface area contributed by atoms with Gasteiger partial charge in [0.1, 0.15) is 5.75 Å². The third-order valence-corrected chi connectivity index (χ3v) is 5.85. The SMILES string of the molecule is COc1ccc([C@H](CC(C)C)NC(=O)c2ccc(CN3CCCCCC3)cc2)cc1. The lowest BCUT2D eigenvalue weighted by Crippen LogP contribution is -2.29. The monoisotopic (exact) mass is 408 g/mol. The Morgan fingerprint density at radius 3 is 2.17 bits per heavy atom. The Kier molecular flexibility index (Phi) is 8.32. The average Bonchev–Trinajstić information content (AvgIpc) is 3.02. The van der Waals surface area contributed by atoms with Crippen molar-refractivity contribution in [3.8, 4) is 5.75 Å². The highest BCUT2D eigenvalue weighted by Gasteiger charge is 2.18. The number of hydrogen-bond acceptors (Lipinski definition) is 3. The van der Waals surface area contributed by atoms with E-state index >= 15 is 0 Å². The number of amides is 1. The van der Waals surface area contributed by atoms with E-state index < -0.39 is 0 Å². The van der Waals surface area contributed by atoms with Crippen LogP contribution in [0.1, 0.15) is 73.5 Å². The van der Waals surface area contributed by atoms with Crippen LogP contribution in [0.15, 0.2) is 48.5 Å². The number of nitrogens with one attached hydrogen (secondary N) is 1. The second kappa shape index (κ2) is 11.2. The molecule has 1 fully saturated rings. The molecular weight excluding hydrogens is 372 g/mol. The largest absolute Gasteiger partial charge is 0.497 e. The van der Waals surface area contributed by atoms with Crippen LogP contribution >= 0.6 is 0 Å². The fraction of sp³-hybridized carbons (Fsp3) is 0.500. The Bertz CT molecular complexity index is 776. The molecule has 162 valence electrons. The molecule has 1 amide bonds. The van der Waals surface area contributed by atoms with Crippen molar-refractivity contribution in [1.82, 2.24) is 10.2 Å². The first-order valence-corrected chi connectivity index (χ1v) is 11.3. The zero-order valence-corrected chi connectivity index (χ0v) is 18.7. The van der Waals surface area contributed by atoms with Gasteiger partial charge in [0, 0.05) is 12.1 Å². The van der Waals surface area contributed by atoms with Crippen molar-refractivity contribution in [1.29, 1.82) is 0 Å². The molecule has 1 heterocycles. The number of benzene rings is 2. The van der Waals surface area contributed by atoms with E-state index in [0.717, 1.165) is 29.8 Å². The Morgan fingerprint density at radius 2 is 1.60 bits per heavy atom. The van der Waals surface area contributed by atoms with Gasteiger partial charge in [-0.05, 0) is 73.7 Å². The molecule has 2 aromatic carbocycles. The van der Waals surface area contributed by atoms with Gasteiger partial charge in [-0.25, -0.2) is 0 Å². The molecule has 1 N–H and O–H groups in total. The van der Waals surface area contributed by atoms with Gasteiger partial charge < -0.3 is 10.1 Å². The highest BCUT2D eigenvalue weighted by molar-refractivity contribution is 5.94. The summed E-state index contributed by atoms with van der Waals surface area (Å²) in [7, 11) is 1.67. The third kappa shape index (κ3) is 6.60. The zero-order valence-electron chi connectivity index (χ0n) is 18.7. The normalized spacial score (nSPS) is 16.1. The minimum atomic E-state index is -0.0159. The molecule has 1 atom stereocenters. The molecule has 0 aliphatic carbocycles. The summed E-state index contributed by atoms with van der Waals surface area (Å²) in [6, 6.07) is 16.1. The first-order valence-electron chi connectivity index (χ1n) is 11.3. The molecule has 0 spiro atoms. The van der Waals surface area contributed by atoms with Crippen LogP contribution in [0.4, 0.5) is 0 Å². The molecule has 1 aliphatic rings. The van der Waals surface area contributed by atoms with E-state index in [4.69, 9.17) is 4.74 Å². The average molecular weight is 409 g/mol. The molecule has 1 aliphatic heterocycles. The summed E-state index contributed by atoms with van der Waals surface area (Å²) in [4.78, 5) is 15.5. The second-order valence-corrected chi connectivity index (χ2v) is 8.82. The van der Waals surface area contributed by atoms with Gasteiger partial charge in [-0.1, -0.05) is 51.0 Å². The van der Waals surface area contributed by atoms with Crippen LogP contribution in [0.25, 0.3) is 0 Å². The third-order valence-electron chi connectivity index (χ3n) is 5.85. The van der Waals surface area contributed by atoms with Crippen molar-refractivity contribution in [3.63, 3.8) is 0 Å². The van der Waals surface area contributed by atoms with Gasteiger partial charge >= 0.3 is 0 Å². The molecule has 0 unspecified atom stereocenters. The van der Waals surface area contributed by atoms with E-state index in [-0.39, 0.29) is 11.9 Å². The first kappa shape index (κ1) is 22.4. The summed E-state index contributed by atoms with van der Waals surface area (Å²) in [5.41, 5.74) is 3.11. The zero-order chi connectivity index (χ0) is 21.3. The van der Waals surface area contributed by atoms with Crippen molar-refractivity contribution in [2.45, 2.75) is 58.5 Å². The van der Waals surface area contributed by atoms with Gasteiger partial charge in [-0.15, -0.1) is 0 Å². The molecule has 30 heavy (non-hydrogen) atoms. The van der Waals surface area contributed by atoms with Gasteiger partial charge in [0.25, 0.3) is 5.91 Å². The minimum Gasteiger partial charge on any atom is -0.497 e.